The maximum Gasteiger partial charge on any atom is 0.490 e. The first-order valence-electron chi connectivity index (χ1n) is 10.2. The Kier molecular flexibility index (Phi) is 4.92. The summed E-state index contributed by atoms with van der Waals surface area (Å²) in [6, 6.07) is 14.6. The molecule has 1 fully saturated rings. The summed E-state index contributed by atoms with van der Waals surface area (Å²) in [5.41, 5.74) is 3.54. The number of hydrogen-bond acceptors (Lipinski definition) is 4. The first-order chi connectivity index (χ1) is 13.9. The van der Waals surface area contributed by atoms with E-state index in [1.165, 1.54) is 4.31 Å². The molecule has 0 unspecified atom stereocenters. The molecule has 2 heterocycles. The zero-order chi connectivity index (χ0) is 21.9. The highest BCUT2D eigenvalue weighted by atomic mass is 32.2. The Balaban J connectivity index is 1.77. The molecule has 2 aliphatic rings. The van der Waals surface area contributed by atoms with Crippen LogP contribution in [0.5, 0.6) is 0 Å². The topological polar surface area (TPSA) is 55.8 Å². The van der Waals surface area contributed by atoms with Gasteiger partial charge in [0.25, 0.3) is 10.0 Å². The summed E-state index contributed by atoms with van der Waals surface area (Å²) in [5, 5.41) is 0. The number of rotatable bonds is 3. The highest BCUT2D eigenvalue weighted by molar-refractivity contribution is 7.92. The van der Waals surface area contributed by atoms with Crippen molar-refractivity contribution in [1.82, 2.24) is 0 Å². The summed E-state index contributed by atoms with van der Waals surface area (Å²) in [5.74, 6) is 0. The number of anilines is 1. The summed E-state index contributed by atoms with van der Waals surface area (Å²) >= 11 is 0. The quantitative estimate of drug-likeness (QED) is 0.674. The van der Waals surface area contributed by atoms with E-state index in [1.807, 2.05) is 77.9 Å². The molecule has 4 rings (SSSR count). The number of aryl methyl sites for hydroxylation is 1. The molecule has 1 saturated heterocycles. The van der Waals surface area contributed by atoms with Crippen LogP contribution in [0.2, 0.25) is 0 Å². The molecule has 30 heavy (non-hydrogen) atoms. The molecule has 7 heteroatoms. The van der Waals surface area contributed by atoms with Crippen molar-refractivity contribution in [3.8, 4) is 0 Å². The number of sulfonamides is 1. The molecule has 0 aliphatic carbocycles. The summed E-state index contributed by atoms with van der Waals surface area (Å²) in [6.07, 6.45) is 0. The van der Waals surface area contributed by atoms with Crippen molar-refractivity contribution in [3.63, 3.8) is 0 Å². The third-order valence-corrected chi connectivity index (χ3v) is 8.27. The molecule has 2 aromatic rings. The minimum Gasteiger partial charge on any atom is -0.400 e. The fourth-order valence-electron chi connectivity index (χ4n) is 3.81. The lowest BCUT2D eigenvalue weighted by Gasteiger charge is -2.32. The van der Waals surface area contributed by atoms with Gasteiger partial charge >= 0.3 is 7.12 Å². The summed E-state index contributed by atoms with van der Waals surface area (Å²) in [7, 11) is -4.20. The number of nitrogens with zero attached hydrogens (tertiary/aromatic N) is 1. The molecule has 2 aromatic carbocycles. The normalized spacial score (nSPS) is 21.7. The molecular formula is C23H28BNO4S. The van der Waals surface area contributed by atoms with Crippen molar-refractivity contribution in [2.24, 2.45) is 0 Å². The number of allylic oxidation sites excluding steroid dienone is 1. The molecule has 0 aromatic heterocycles. The Hall–Kier alpha value is -2.09. The van der Waals surface area contributed by atoms with Gasteiger partial charge in [0.15, 0.2) is 0 Å². The second-order valence-corrected chi connectivity index (χ2v) is 11.0. The van der Waals surface area contributed by atoms with Gasteiger partial charge in [-0.2, -0.15) is 0 Å². The van der Waals surface area contributed by atoms with Crippen molar-refractivity contribution in [2.45, 2.75) is 57.6 Å². The van der Waals surface area contributed by atoms with Gasteiger partial charge in [-0.25, -0.2) is 8.42 Å². The predicted octanol–water partition coefficient (Wildman–Crippen LogP) is 4.61. The van der Waals surface area contributed by atoms with Crippen LogP contribution in [0.25, 0.3) is 5.57 Å². The first kappa shape index (κ1) is 21.2. The van der Waals surface area contributed by atoms with Crippen molar-refractivity contribution >= 4 is 28.4 Å². The van der Waals surface area contributed by atoms with Gasteiger partial charge in [-0.1, -0.05) is 35.9 Å². The Bertz CT molecular complexity index is 1100. The highest BCUT2D eigenvalue weighted by Gasteiger charge is 2.52. The van der Waals surface area contributed by atoms with Gasteiger partial charge in [0.1, 0.15) is 0 Å². The minimum absolute atomic E-state index is 0.255. The van der Waals surface area contributed by atoms with Crippen LogP contribution >= 0.6 is 0 Å². The van der Waals surface area contributed by atoms with Gasteiger partial charge in [0.2, 0.25) is 0 Å². The summed E-state index contributed by atoms with van der Waals surface area (Å²) in [4.78, 5) is 0.289. The Morgan fingerprint density at radius 3 is 2.13 bits per heavy atom. The number of benzene rings is 2. The van der Waals surface area contributed by atoms with Crippen LogP contribution in [-0.2, 0) is 19.3 Å². The van der Waals surface area contributed by atoms with Gasteiger partial charge in [-0.05, 0) is 70.8 Å². The lowest BCUT2D eigenvalue weighted by molar-refractivity contribution is 0.00578. The second kappa shape index (κ2) is 6.97. The summed E-state index contributed by atoms with van der Waals surface area (Å²) < 4.78 is 40.8. The van der Waals surface area contributed by atoms with E-state index < -0.39 is 28.3 Å². The van der Waals surface area contributed by atoms with E-state index in [2.05, 4.69) is 0 Å². The third-order valence-electron chi connectivity index (χ3n) is 6.49. The molecule has 2 aliphatic heterocycles. The summed E-state index contributed by atoms with van der Waals surface area (Å²) in [6.45, 7) is 12.2. The van der Waals surface area contributed by atoms with Gasteiger partial charge < -0.3 is 9.31 Å². The Morgan fingerprint density at radius 2 is 1.53 bits per heavy atom. The fourth-order valence-corrected chi connectivity index (χ4v) is 5.26. The van der Waals surface area contributed by atoms with Crippen molar-refractivity contribution < 1.29 is 17.7 Å². The lowest BCUT2D eigenvalue weighted by atomic mass is 9.75. The van der Waals surface area contributed by atoms with E-state index in [4.69, 9.17) is 9.31 Å². The molecule has 0 bridgehead atoms. The smallest absolute Gasteiger partial charge is 0.400 e. The van der Waals surface area contributed by atoms with Crippen molar-refractivity contribution in [3.05, 3.63) is 65.1 Å². The lowest BCUT2D eigenvalue weighted by Crippen LogP contribution is -2.41. The molecule has 158 valence electrons. The van der Waals surface area contributed by atoms with E-state index in [-0.39, 0.29) is 11.4 Å². The number of fused-ring (bicyclic) bond motifs is 1. The van der Waals surface area contributed by atoms with E-state index >= 15 is 0 Å². The van der Waals surface area contributed by atoms with E-state index in [0.717, 1.165) is 22.2 Å². The molecule has 0 saturated carbocycles. The average molecular weight is 425 g/mol. The first-order valence-corrected chi connectivity index (χ1v) is 11.6. The van der Waals surface area contributed by atoms with Gasteiger partial charge in [-0.15, -0.1) is 0 Å². The largest absolute Gasteiger partial charge is 0.490 e. The highest BCUT2D eigenvalue weighted by Crippen LogP contribution is 2.44. The zero-order valence-electron chi connectivity index (χ0n) is 18.4. The van der Waals surface area contributed by atoms with Crippen molar-refractivity contribution in [1.29, 1.82) is 0 Å². The van der Waals surface area contributed by atoms with Crippen LogP contribution in [0, 0.1) is 6.92 Å². The standard InChI is InChI=1S/C23H28BNO4S/c1-16-11-13-18(14-12-16)30(26,27)25-15-20(19-9-7-8-10-21(19)25)17(2)24-28-22(3,4)23(5,6)29-24/h7-14H,15H2,1-6H3/b20-17-. The van der Waals surface area contributed by atoms with Gasteiger partial charge in [0, 0.05) is 5.56 Å². The van der Waals surface area contributed by atoms with Crippen LogP contribution in [-0.4, -0.2) is 33.3 Å². The molecule has 0 radical (unpaired) electrons. The Labute approximate surface area is 179 Å². The SMILES string of the molecule is C/C(B1OC(C)(C)C(C)(C)O1)=C1\CN(S(=O)(=O)c2ccc(C)cc2)c2ccccc21. The van der Waals surface area contributed by atoms with Crippen LogP contribution in [0.3, 0.4) is 0 Å². The zero-order valence-corrected chi connectivity index (χ0v) is 19.2. The average Bonchev–Trinajstić information content (AvgIpc) is 3.16. The maximum atomic E-state index is 13.4. The maximum absolute atomic E-state index is 13.4. The molecule has 0 spiro atoms. The molecule has 0 atom stereocenters. The fraction of sp³-hybridized carbons (Fsp3) is 0.391. The third kappa shape index (κ3) is 3.29. The van der Waals surface area contributed by atoms with Crippen LogP contribution in [0.1, 0.15) is 45.7 Å². The molecular weight excluding hydrogens is 397 g/mol. The van der Waals surface area contributed by atoms with E-state index in [1.54, 1.807) is 12.1 Å². The van der Waals surface area contributed by atoms with Crippen LogP contribution < -0.4 is 4.31 Å². The Morgan fingerprint density at radius 1 is 0.967 bits per heavy atom. The number of hydrogen-bond donors (Lipinski definition) is 0. The molecule has 0 N–H and O–H groups in total. The van der Waals surface area contributed by atoms with Gasteiger partial charge in [-0.3, -0.25) is 4.31 Å². The number of para-hydroxylation sites is 1. The van der Waals surface area contributed by atoms with E-state index in [9.17, 15) is 8.42 Å². The minimum atomic E-state index is -3.69. The van der Waals surface area contributed by atoms with Crippen LogP contribution in [0.4, 0.5) is 5.69 Å². The van der Waals surface area contributed by atoms with Crippen LogP contribution in [0.15, 0.2) is 58.9 Å². The second-order valence-electron chi connectivity index (χ2n) is 9.09. The van der Waals surface area contributed by atoms with Crippen molar-refractivity contribution in [2.75, 3.05) is 10.8 Å². The molecule has 0 amide bonds. The van der Waals surface area contributed by atoms with Gasteiger partial charge in [0.05, 0.1) is 28.3 Å². The van der Waals surface area contributed by atoms with E-state index in [0.29, 0.717) is 5.69 Å². The molecule has 5 nitrogen and oxygen atoms in total. The predicted molar refractivity (Wildman–Crippen MR) is 121 cm³/mol. The monoisotopic (exact) mass is 425 g/mol.